The number of ether oxygens (including phenoxy) is 1. The first-order valence-electron chi connectivity index (χ1n) is 10.3. The predicted molar refractivity (Wildman–Crippen MR) is 110 cm³/mol. The molecule has 1 aliphatic rings. The molecule has 3 heterocycles. The maximum atomic E-state index is 13.0. The largest absolute Gasteiger partial charge is 0.478 e. The van der Waals surface area contributed by atoms with Crippen LogP contribution in [0.15, 0.2) is 36.7 Å². The molecule has 0 aromatic carbocycles. The fraction of sp³-hybridized carbons (Fsp3) is 0.364. The lowest BCUT2D eigenvalue weighted by Crippen LogP contribution is -2.32. The number of amides is 1. The maximum Gasteiger partial charge on any atom is 0.435 e. The first-order valence-corrected chi connectivity index (χ1v) is 10.3. The van der Waals surface area contributed by atoms with Gasteiger partial charge in [0.15, 0.2) is 5.69 Å². The Kier molecular flexibility index (Phi) is 5.86. The number of nitrogens with zero attached hydrogens (tertiary/aromatic N) is 4. The molecule has 1 N–H and O–H groups in total. The molecule has 3 aromatic rings. The molecule has 3 aromatic heterocycles. The summed E-state index contributed by atoms with van der Waals surface area (Å²) in [6.45, 7) is 2.37. The van der Waals surface area contributed by atoms with E-state index in [0.29, 0.717) is 24.6 Å². The number of nitrogens with one attached hydrogen (secondary N) is 1. The van der Waals surface area contributed by atoms with Crippen molar-refractivity contribution in [1.29, 1.82) is 0 Å². The second-order valence-electron chi connectivity index (χ2n) is 7.54. The number of rotatable bonds is 5. The lowest BCUT2D eigenvalue weighted by molar-refractivity contribution is -0.141. The first-order chi connectivity index (χ1) is 15.3. The van der Waals surface area contributed by atoms with E-state index in [1.165, 1.54) is 7.05 Å². The molecule has 0 radical (unpaired) electrons. The van der Waals surface area contributed by atoms with E-state index in [-0.39, 0.29) is 11.7 Å². The molecular formula is C22H22F3N5O2. The minimum absolute atomic E-state index is 0.144. The predicted octanol–water partition coefficient (Wildman–Crippen LogP) is 4.10. The summed E-state index contributed by atoms with van der Waals surface area (Å²) in [7, 11) is 1.32. The highest BCUT2D eigenvalue weighted by Crippen LogP contribution is 2.33. The number of pyridine rings is 2. The second kappa shape index (κ2) is 8.60. The molecule has 1 atom stereocenters. The third-order valence-electron chi connectivity index (χ3n) is 5.37. The quantitative estimate of drug-likeness (QED) is 0.640. The Labute approximate surface area is 182 Å². The van der Waals surface area contributed by atoms with Crippen molar-refractivity contribution < 1.29 is 22.7 Å². The first kappa shape index (κ1) is 21.8. The third kappa shape index (κ3) is 4.44. The second-order valence-corrected chi connectivity index (χ2v) is 7.54. The molecule has 32 heavy (non-hydrogen) atoms. The van der Waals surface area contributed by atoms with Gasteiger partial charge in [-0.3, -0.25) is 14.5 Å². The highest BCUT2D eigenvalue weighted by atomic mass is 19.4. The summed E-state index contributed by atoms with van der Waals surface area (Å²) in [6, 6.07) is 5.95. The van der Waals surface area contributed by atoms with Crippen LogP contribution in [-0.2, 0) is 19.6 Å². The van der Waals surface area contributed by atoms with Crippen LogP contribution in [0.3, 0.4) is 0 Å². The van der Waals surface area contributed by atoms with Crippen LogP contribution in [0, 0.1) is 0 Å². The number of aryl methyl sites for hydroxylation is 2. The molecule has 0 fully saturated rings. The van der Waals surface area contributed by atoms with Crippen LogP contribution in [-0.4, -0.2) is 32.3 Å². The van der Waals surface area contributed by atoms with Crippen molar-refractivity contribution in [3.63, 3.8) is 0 Å². The maximum absolute atomic E-state index is 13.0. The number of hydrogen-bond donors (Lipinski definition) is 1. The molecular weight excluding hydrogens is 423 g/mol. The van der Waals surface area contributed by atoms with Crippen molar-refractivity contribution in [2.75, 3.05) is 6.61 Å². The molecule has 0 saturated heterocycles. The highest BCUT2D eigenvalue weighted by Gasteiger charge is 2.36. The molecule has 1 amide bonds. The fourth-order valence-electron chi connectivity index (χ4n) is 3.84. The summed E-state index contributed by atoms with van der Waals surface area (Å²) in [5.41, 5.74) is 2.20. The van der Waals surface area contributed by atoms with Crippen molar-refractivity contribution in [1.82, 2.24) is 25.1 Å². The summed E-state index contributed by atoms with van der Waals surface area (Å²) in [4.78, 5) is 21.5. The molecule has 0 unspecified atom stereocenters. The van der Waals surface area contributed by atoms with Gasteiger partial charge in [0.05, 0.1) is 18.3 Å². The molecule has 0 spiro atoms. The SMILES string of the molecule is CCOc1cc(-c2cc3c(cn2)CCC[C@H]3NC(=O)c2cc(C(F)(F)F)nn2C)ccn1. The Balaban J connectivity index is 1.61. The summed E-state index contributed by atoms with van der Waals surface area (Å²) in [5, 5.41) is 6.30. The monoisotopic (exact) mass is 445 g/mol. The van der Waals surface area contributed by atoms with E-state index in [4.69, 9.17) is 4.74 Å². The zero-order chi connectivity index (χ0) is 22.9. The zero-order valence-electron chi connectivity index (χ0n) is 17.6. The summed E-state index contributed by atoms with van der Waals surface area (Å²) < 4.78 is 45.3. The molecule has 10 heteroatoms. The number of hydrogen-bond acceptors (Lipinski definition) is 5. The van der Waals surface area contributed by atoms with Gasteiger partial charge < -0.3 is 10.1 Å². The van der Waals surface area contributed by atoms with Gasteiger partial charge in [-0.2, -0.15) is 18.3 Å². The van der Waals surface area contributed by atoms with Crippen molar-refractivity contribution >= 4 is 5.91 Å². The minimum atomic E-state index is -4.61. The topological polar surface area (TPSA) is 81.9 Å². The molecule has 0 bridgehead atoms. The van der Waals surface area contributed by atoms with Crippen molar-refractivity contribution in [3.05, 3.63) is 59.2 Å². The van der Waals surface area contributed by atoms with Crippen LogP contribution in [0.5, 0.6) is 5.88 Å². The van der Waals surface area contributed by atoms with Crippen LogP contribution >= 0.6 is 0 Å². The molecule has 0 aliphatic heterocycles. The van der Waals surface area contributed by atoms with E-state index in [1.807, 2.05) is 19.1 Å². The standard InChI is InChI=1S/C22H22F3N5O2/c1-3-32-20-9-13(7-8-26-20)17-10-15-14(12-27-17)5-4-6-16(15)28-21(31)18-11-19(22(23,24)25)29-30(18)2/h7-12,16H,3-6H2,1-2H3,(H,28,31)/t16-/m1/s1. The summed E-state index contributed by atoms with van der Waals surface area (Å²) in [6.07, 6.45) is 1.14. The van der Waals surface area contributed by atoms with Crippen molar-refractivity contribution in [3.8, 4) is 17.1 Å². The Morgan fingerprint density at radius 3 is 2.81 bits per heavy atom. The van der Waals surface area contributed by atoms with Gasteiger partial charge in [-0.05, 0) is 49.4 Å². The summed E-state index contributed by atoms with van der Waals surface area (Å²) in [5.74, 6) is -0.111. The Bertz CT molecular complexity index is 1140. The molecule has 1 aliphatic carbocycles. The molecule has 168 valence electrons. The average Bonchev–Trinajstić information content (AvgIpc) is 3.16. The highest BCUT2D eigenvalue weighted by molar-refractivity contribution is 5.93. The zero-order valence-corrected chi connectivity index (χ0v) is 17.6. The van der Waals surface area contributed by atoms with Gasteiger partial charge in [-0.1, -0.05) is 0 Å². The van der Waals surface area contributed by atoms with Gasteiger partial charge in [0.2, 0.25) is 5.88 Å². The Morgan fingerprint density at radius 2 is 2.09 bits per heavy atom. The number of halogens is 3. The number of carbonyl (C=O) groups is 1. The number of aromatic nitrogens is 4. The van der Waals surface area contributed by atoms with Gasteiger partial charge >= 0.3 is 6.18 Å². The van der Waals surface area contributed by atoms with Gasteiger partial charge in [0.1, 0.15) is 5.69 Å². The third-order valence-corrected chi connectivity index (χ3v) is 5.37. The van der Waals surface area contributed by atoms with Gasteiger partial charge in [0, 0.05) is 37.1 Å². The number of alkyl halides is 3. The number of carbonyl (C=O) groups excluding carboxylic acids is 1. The lowest BCUT2D eigenvalue weighted by Gasteiger charge is -2.26. The van der Waals surface area contributed by atoms with Gasteiger partial charge in [0.25, 0.3) is 5.91 Å². The van der Waals surface area contributed by atoms with E-state index in [2.05, 4.69) is 20.4 Å². The van der Waals surface area contributed by atoms with E-state index in [1.54, 1.807) is 18.5 Å². The smallest absolute Gasteiger partial charge is 0.435 e. The van der Waals surface area contributed by atoms with Crippen LogP contribution in [0.25, 0.3) is 11.3 Å². The minimum Gasteiger partial charge on any atom is -0.478 e. The Morgan fingerprint density at radius 1 is 1.28 bits per heavy atom. The number of fused-ring (bicyclic) bond motifs is 1. The van der Waals surface area contributed by atoms with E-state index in [9.17, 15) is 18.0 Å². The van der Waals surface area contributed by atoms with Crippen LogP contribution in [0.4, 0.5) is 13.2 Å². The van der Waals surface area contributed by atoms with E-state index >= 15 is 0 Å². The Hall–Kier alpha value is -3.43. The summed E-state index contributed by atoms with van der Waals surface area (Å²) >= 11 is 0. The molecule has 4 rings (SSSR count). The van der Waals surface area contributed by atoms with Crippen LogP contribution < -0.4 is 10.1 Å². The van der Waals surface area contributed by atoms with Crippen molar-refractivity contribution in [2.45, 2.75) is 38.4 Å². The van der Waals surface area contributed by atoms with Crippen molar-refractivity contribution in [2.24, 2.45) is 7.05 Å². The van der Waals surface area contributed by atoms with Gasteiger partial charge in [-0.15, -0.1) is 0 Å². The van der Waals surface area contributed by atoms with Crippen LogP contribution in [0.1, 0.15) is 53.1 Å². The molecule has 0 saturated carbocycles. The lowest BCUT2D eigenvalue weighted by atomic mass is 9.88. The van der Waals surface area contributed by atoms with Gasteiger partial charge in [-0.25, -0.2) is 4.98 Å². The normalized spacial score (nSPS) is 15.8. The van der Waals surface area contributed by atoms with E-state index in [0.717, 1.165) is 40.3 Å². The van der Waals surface area contributed by atoms with E-state index < -0.39 is 17.8 Å². The average molecular weight is 445 g/mol. The van der Waals surface area contributed by atoms with Crippen LogP contribution in [0.2, 0.25) is 0 Å². The molecule has 7 nitrogen and oxygen atoms in total. The fourth-order valence-corrected chi connectivity index (χ4v) is 3.84.